The van der Waals surface area contributed by atoms with Crippen molar-refractivity contribution >= 4 is 40.7 Å². The summed E-state index contributed by atoms with van der Waals surface area (Å²) < 4.78 is 27.2. The fraction of sp³-hybridized carbons (Fsp3) is 0.0455. The molecule has 0 aliphatic heterocycles. The lowest BCUT2D eigenvalue weighted by atomic mass is 10.0. The minimum Gasteiger partial charge on any atom is -0.361 e. The Morgan fingerprint density at radius 1 is 1.15 bits per heavy atom. The molecule has 8 nitrogen and oxygen atoms in total. The second kappa shape index (κ2) is 10.4. The predicted octanol–water partition coefficient (Wildman–Crippen LogP) is 4.95. The number of nitro groups is 1. The second-order valence-corrected chi connectivity index (χ2v) is 7.04. The van der Waals surface area contributed by atoms with Gasteiger partial charge in [-0.2, -0.15) is 0 Å². The van der Waals surface area contributed by atoms with Gasteiger partial charge in [0.15, 0.2) is 0 Å². The van der Waals surface area contributed by atoms with Gasteiger partial charge in [-0.05, 0) is 59.7 Å². The van der Waals surface area contributed by atoms with Crippen molar-refractivity contribution in [3.05, 3.63) is 105 Å². The molecule has 0 saturated heterocycles. The molecule has 33 heavy (non-hydrogen) atoms. The minimum atomic E-state index is -0.806. The van der Waals surface area contributed by atoms with E-state index >= 15 is 0 Å². The summed E-state index contributed by atoms with van der Waals surface area (Å²) in [7, 11) is 0. The molecule has 0 atom stereocenters. The van der Waals surface area contributed by atoms with Gasteiger partial charge in [-0.1, -0.05) is 11.6 Å². The van der Waals surface area contributed by atoms with Crippen LogP contribution in [0.2, 0.25) is 5.15 Å². The van der Waals surface area contributed by atoms with E-state index in [-0.39, 0.29) is 12.1 Å². The molecule has 1 heterocycles. The largest absolute Gasteiger partial charge is 0.361 e. The summed E-state index contributed by atoms with van der Waals surface area (Å²) in [6.45, 7) is -0.142. The van der Waals surface area contributed by atoms with Crippen LogP contribution in [-0.2, 0) is 6.54 Å². The number of nitrogens with zero attached hydrogens (tertiary/aromatic N) is 2. The first-order valence-corrected chi connectivity index (χ1v) is 9.76. The maximum atomic E-state index is 14.2. The third-order valence-corrected chi connectivity index (χ3v) is 4.72. The standard InChI is InChI=1S/C22H16ClF2N5O3/c23-21-20(30(32)33)19(5-6-27-21)22(31)29-11-13-7-14(9-17(25)8-13)15(10-26)12-28-18-3-1-16(24)2-4-18/h1-10,12,26,28H,11H2,(H,29,31)/b15-12+,26-10?. The summed E-state index contributed by atoms with van der Waals surface area (Å²) in [6.07, 6.45) is 3.63. The summed E-state index contributed by atoms with van der Waals surface area (Å²) >= 11 is 5.73. The number of benzene rings is 2. The van der Waals surface area contributed by atoms with Gasteiger partial charge in [0.25, 0.3) is 5.91 Å². The summed E-state index contributed by atoms with van der Waals surface area (Å²) in [6, 6.07) is 10.7. The highest BCUT2D eigenvalue weighted by Gasteiger charge is 2.24. The number of pyridine rings is 1. The number of amides is 1. The van der Waals surface area contributed by atoms with Crippen LogP contribution in [0.15, 0.2) is 60.9 Å². The number of hydrogen-bond donors (Lipinski definition) is 3. The zero-order valence-corrected chi connectivity index (χ0v) is 17.6. The average molecular weight is 472 g/mol. The Hall–Kier alpha value is -4.18. The van der Waals surface area contributed by atoms with Crippen LogP contribution in [0.3, 0.4) is 0 Å². The van der Waals surface area contributed by atoms with Gasteiger partial charge in [-0.25, -0.2) is 13.8 Å². The third-order valence-electron chi connectivity index (χ3n) is 4.44. The van der Waals surface area contributed by atoms with E-state index in [1.54, 1.807) is 6.07 Å². The van der Waals surface area contributed by atoms with Crippen LogP contribution in [0.5, 0.6) is 0 Å². The van der Waals surface area contributed by atoms with Crippen LogP contribution >= 0.6 is 11.6 Å². The topological polar surface area (TPSA) is 121 Å². The van der Waals surface area contributed by atoms with Gasteiger partial charge in [0.2, 0.25) is 5.15 Å². The van der Waals surface area contributed by atoms with Crippen molar-refractivity contribution < 1.29 is 18.5 Å². The van der Waals surface area contributed by atoms with Crippen molar-refractivity contribution in [2.45, 2.75) is 6.54 Å². The molecule has 3 rings (SSSR count). The Morgan fingerprint density at radius 2 is 1.88 bits per heavy atom. The van der Waals surface area contributed by atoms with Gasteiger partial charge in [0.05, 0.1) is 4.92 Å². The molecule has 0 bridgehead atoms. The maximum Gasteiger partial charge on any atom is 0.319 e. The molecule has 1 aromatic heterocycles. The molecule has 0 spiro atoms. The number of nitrogens with one attached hydrogen (secondary N) is 3. The fourth-order valence-electron chi connectivity index (χ4n) is 2.90. The predicted molar refractivity (Wildman–Crippen MR) is 120 cm³/mol. The number of halogens is 3. The Morgan fingerprint density at radius 3 is 2.55 bits per heavy atom. The zero-order valence-electron chi connectivity index (χ0n) is 16.8. The number of allylic oxidation sites excluding steroid dienone is 1. The Bertz CT molecular complexity index is 1250. The van der Waals surface area contributed by atoms with Gasteiger partial charge < -0.3 is 16.0 Å². The van der Waals surface area contributed by atoms with Crippen molar-refractivity contribution in [1.82, 2.24) is 10.3 Å². The van der Waals surface area contributed by atoms with Crippen molar-refractivity contribution in [2.75, 3.05) is 5.32 Å². The van der Waals surface area contributed by atoms with Crippen molar-refractivity contribution in [3.63, 3.8) is 0 Å². The smallest absolute Gasteiger partial charge is 0.319 e. The lowest BCUT2D eigenvalue weighted by Crippen LogP contribution is -2.24. The fourth-order valence-corrected chi connectivity index (χ4v) is 3.12. The van der Waals surface area contributed by atoms with E-state index in [4.69, 9.17) is 17.0 Å². The number of aromatic nitrogens is 1. The lowest BCUT2D eigenvalue weighted by molar-refractivity contribution is -0.385. The zero-order chi connectivity index (χ0) is 24.0. The van der Waals surface area contributed by atoms with Crippen molar-refractivity contribution in [2.24, 2.45) is 0 Å². The highest BCUT2D eigenvalue weighted by molar-refractivity contribution is 6.32. The van der Waals surface area contributed by atoms with Crippen LogP contribution in [0, 0.1) is 27.2 Å². The first kappa shape index (κ1) is 23.5. The Labute approximate surface area is 191 Å². The monoisotopic (exact) mass is 471 g/mol. The van der Waals surface area contributed by atoms with Gasteiger partial charge in [-0.3, -0.25) is 14.9 Å². The number of anilines is 1. The van der Waals surface area contributed by atoms with Gasteiger partial charge in [-0.15, -0.1) is 0 Å². The molecule has 0 unspecified atom stereocenters. The van der Waals surface area contributed by atoms with Crippen LogP contribution in [0.1, 0.15) is 21.5 Å². The molecule has 0 fully saturated rings. The number of hydrogen-bond acceptors (Lipinski definition) is 6. The number of rotatable bonds is 8. The van der Waals surface area contributed by atoms with Gasteiger partial charge in [0, 0.05) is 36.4 Å². The van der Waals surface area contributed by atoms with E-state index in [1.807, 2.05) is 0 Å². The Balaban J connectivity index is 1.78. The highest BCUT2D eigenvalue weighted by atomic mass is 35.5. The van der Waals surface area contributed by atoms with E-state index in [1.165, 1.54) is 48.8 Å². The summed E-state index contributed by atoms with van der Waals surface area (Å²) in [5.41, 5.74) is 0.690. The number of carbonyl (C=O) groups excluding carboxylic acids is 1. The molecule has 3 N–H and O–H groups in total. The normalized spacial score (nSPS) is 11.1. The first-order chi connectivity index (χ1) is 15.8. The third kappa shape index (κ3) is 5.95. The molecule has 0 radical (unpaired) electrons. The molecular formula is C22H16ClF2N5O3. The van der Waals surface area contributed by atoms with Crippen LogP contribution in [-0.4, -0.2) is 22.0 Å². The molecule has 0 saturated carbocycles. The molecule has 168 valence electrons. The summed E-state index contributed by atoms with van der Waals surface area (Å²) in [5, 5.41) is 23.8. The molecular weight excluding hydrogens is 456 g/mol. The van der Waals surface area contributed by atoms with Crippen molar-refractivity contribution in [3.8, 4) is 0 Å². The van der Waals surface area contributed by atoms with E-state index in [0.29, 0.717) is 22.4 Å². The van der Waals surface area contributed by atoms with Crippen molar-refractivity contribution in [1.29, 1.82) is 5.41 Å². The van der Waals surface area contributed by atoms with Crippen LogP contribution in [0.4, 0.5) is 20.2 Å². The summed E-state index contributed by atoms with van der Waals surface area (Å²) in [5.74, 6) is -1.78. The molecule has 11 heteroatoms. The molecule has 2 aromatic carbocycles. The first-order valence-electron chi connectivity index (χ1n) is 9.38. The van der Waals surface area contributed by atoms with Gasteiger partial charge in [0.1, 0.15) is 17.2 Å². The Kier molecular flexibility index (Phi) is 7.42. The SMILES string of the molecule is N=C/C(=C\Nc1ccc(F)cc1)c1cc(F)cc(CNC(=O)c2ccnc(Cl)c2[N+](=O)[O-])c1. The molecule has 0 aliphatic carbocycles. The maximum absolute atomic E-state index is 14.2. The van der Waals surface area contributed by atoms with E-state index in [0.717, 1.165) is 12.3 Å². The highest BCUT2D eigenvalue weighted by Crippen LogP contribution is 2.26. The molecule has 0 aliphatic rings. The van der Waals surface area contributed by atoms with E-state index in [2.05, 4.69) is 15.6 Å². The average Bonchev–Trinajstić information content (AvgIpc) is 2.78. The number of carbonyl (C=O) groups is 1. The molecule has 1 amide bonds. The molecule has 3 aromatic rings. The van der Waals surface area contributed by atoms with E-state index < -0.39 is 33.3 Å². The van der Waals surface area contributed by atoms with Crippen LogP contribution < -0.4 is 10.6 Å². The lowest BCUT2D eigenvalue weighted by Gasteiger charge is -2.10. The van der Waals surface area contributed by atoms with E-state index in [9.17, 15) is 23.7 Å². The van der Waals surface area contributed by atoms with Gasteiger partial charge >= 0.3 is 5.69 Å². The van der Waals surface area contributed by atoms with Crippen LogP contribution in [0.25, 0.3) is 5.57 Å². The summed E-state index contributed by atoms with van der Waals surface area (Å²) in [4.78, 5) is 26.5. The quantitative estimate of drug-likeness (QED) is 0.186. The second-order valence-electron chi connectivity index (χ2n) is 6.68. The minimum absolute atomic E-state index is 0.142.